The molecule has 6 unspecified atom stereocenters. The van der Waals surface area contributed by atoms with Crippen LogP contribution < -0.4 is 0 Å². The molecule has 0 bridgehead atoms. The molecule has 0 radical (unpaired) electrons. The molecule has 0 saturated heterocycles. The first-order valence-corrected chi connectivity index (χ1v) is 15.6. The van der Waals surface area contributed by atoms with Crippen molar-refractivity contribution >= 4 is 0 Å². The Morgan fingerprint density at radius 1 is 0.394 bits per heavy atom. The third-order valence-corrected chi connectivity index (χ3v) is 11.6. The molecular formula is C31H54O2. The normalized spacial score (nSPS) is 41.6. The predicted octanol–water partition coefficient (Wildman–Crippen LogP) is 7.90. The summed E-state index contributed by atoms with van der Waals surface area (Å²) >= 11 is 0. The molecule has 2 heteroatoms. The number of aliphatic hydroxyl groups is 2. The van der Waals surface area contributed by atoms with Crippen molar-refractivity contribution in [3.8, 4) is 0 Å². The highest BCUT2D eigenvalue weighted by molar-refractivity contribution is 4.96. The molecule has 0 aliphatic heterocycles. The van der Waals surface area contributed by atoms with Crippen LogP contribution in [0.15, 0.2) is 0 Å². The molecule has 6 atom stereocenters. The highest BCUT2D eigenvalue weighted by Gasteiger charge is 2.47. The molecular weight excluding hydrogens is 404 g/mol. The summed E-state index contributed by atoms with van der Waals surface area (Å²) in [4.78, 5) is 0. The lowest BCUT2D eigenvalue weighted by molar-refractivity contribution is -0.0830. The number of hydrogen-bond acceptors (Lipinski definition) is 2. The molecule has 0 amide bonds. The van der Waals surface area contributed by atoms with Crippen LogP contribution in [-0.4, -0.2) is 22.4 Å². The van der Waals surface area contributed by atoms with Crippen molar-refractivity contribution in [3.05, 3.63) is 0 Å². The minimum Gasteiger partial charge on any atom is -0.393 e. The van der Waals surface area contributed by atoms with Gasteiger partial charge < -0.3 is 10.2 Å². The Morgan fingerprint density at radius 2 is 0.788 bits per heavy atom. The third-order valence-electron chi connectivity index (χ3n) is 11.6. The third kappa shape index (κ3) is 5.84. The fourth-order valence-corrected chi connectivity index (χ4v) is 9.90. The first kappa shape index (κ1) is 24.6. The summed E-state index contributed by atoms with van der Waals surface area (Å²) in [6.45, 7) is 0. The van der Waals surface area contributed by atoms with Gasteiger partial charge in [-0.05, 0) is 85.9 Å². The molecule has 5 aliphatic rings. The zero-order valence-corrected chi connectivity index (χ0v) is 21.5. The van der Waals surface area contributed by atoms with Crippen molar-refractivity contribution in [1.82, 2.24) is 0 Å². The molecule has 0 aromatic rings. The molecule has 2 nitrogen and oxygen atoms in total. The zero-order valence-electron chi connectivity index (χ0n) is 21.5. The number of hydrogen-bond donors (Lipinski definition) is 2. The van der Waals surface area contributed by atoms with Crippen LogP contribution in [0.4, 0.5) is 0 Å². The topological polar surface area (TPSA) is 40.5 Å². The molecule has 0 aromatic carbocycles. The van der Waals surface area contributed by atoms with Crippen molar-refractivity contribution in [1.29, 1.82) is 0 Å². The van der Waals surface area contributed by atoms with Crippen molar-refractivity contribution in [2.75, 3.05) is 0 Å². The van der Waals surface area contributed by atoms with Gasteiger partial charge in [0.25, 0.3) is 0 Å². The summed E-state index contributed by atoms with van der Waals surface area (Å²) in [5.74, 6) is 5.58. The van der Waals surface area contributed by atoms with Gasteiger partial charge in [0, 0.05) is 0 Å². The Bertz CT molecular complexity index is 529. The lowest BCUT2D eigenvalue weighted by atomic mass is 9.57. The van der Waals surface area contributed by atoms with Gasteiger partial charge >= 0.3 is 0 Å². The fraction of sp³-hybridized carbons (Fsp3) is 1.00. The lowest BCUT2D eigenvalue weighted by Crippen LogP contribution is -2.47. The summed E-state index contributed by atoms with van der Waals surface area (Å²) in [6, 6.07) is 0. The number of rotatable bonds is 5. The van der Waals surface area contributed by atoms with Crippen molar-refractivity contribution in [2.45, 2.75) is 147 Å². The minimum absolute atomic E-state index is 0.110. The highest BCUT2D eigenvalue weighted by Crippen LogP contribution is 2.51. The van der Waals surface area contributed by atoms with Gasteiger partial charge in [0.15, 0.2) is 0 Å². The van der Waals surface area contributed by atoms with Crippen LogP contribution in [0.5, 0.6) is 0 Å². The van der Waals surface area contributed by atoms with Crippen molar-refractivity contribution < 1.29 is 10.2 Å². The fourth-order valence-electron chi connectivity index (χ4n) is 9.90. The van der Waals surface area contributed by atoms with Crippen LogP contribution in [-0.2, 0) is 0 Å². The van der Waals surface area contributed by atoms with E-state index >= 15 is 0 Å². The summed E-state index contributed by atoms with van der Waals surface area (Å²) in [7, 11) is 0. The maximum absolute atomic E-state index is 11.6. The predicted molar refractivity (Wildman–Crippen MR) is 137 cm³/mol. The molecule has 5 rings (SSSR count). The summed E-state index contributed by atoms with van der Waals surface area (Å²) in [5.41, 5.74) is 0. The Kier molecular flexibility index (Phi) is 8.78. The smallest absolute Gasteiger partial charge is 0.0574 e. The lowest BCUT2D eigenvalue weighted by Gasteiger charge is -2.50. The average molecular weight is 459 g/mol. The first-order chi connectivity index (χ1) is 16.2. The van der Waals surface area contributed by atoms with E-state index in [1.807, 2.05) is 0 Å². The van der Waals surface area contributed by atoms with E-state index in [0.29, 0.717) is 17.8 Å². The summed E-state index contributed by atoms with van der Waals surface area (Å²) < 4.78 is 0. The Labute approximate surface area is 204 Å². The van der Waals surface area contributed by atoms with E-state index in [4.69, 9.17) is 0 Å². The Hall–Kier alpha value is -0.0800. The van der Waals surface area contributed by atoms with E-state index in [9.17, 15) is 10.2 Å². The number of aliphatic hydroxyl groups excluding tert-OH is 2. The molecule has 190 valence electrons. The molecule has 5 fully saturated rings. The van der Waals surface area contributed by atoms with Crippen molar-refractivity contribution in [3.63, 3.8) is 0 Å². The molecule has 0 aromatic heterocycles. The molecule has 0 heterocycles. The van der Waals surface area contributed by atoms with Crippen LogP contribution >= 0.6 is 0 Å². The van der Waals surface area contributed by atoms with Crippen LogP contribution in [0.1, 0.15) is 135 Å². The second-order valence-corrected chi connectivity index (χ2v) is 13.4. The Morgan fingerprint density at radius 3 is 1.18 bits per heavy atom. The van der Waals surface area contributed by atoms with Gasteiger partial charge in [-0.3, -0.25) is 0 Å². The van der Waals surface area contributed by atoms with E-state index in [0.717, 1.165) is 42.4 Å². The zero-order chi connectivity index (χ0) is 22.6. The molecule has 33 heavy (non-hydrogen) atoms. The van der Waals surface area contributed by atoms with Gasteiger partial charge in [-0.1, -0.05) is 96.3 Å². The average Bonchev–Trinajstić information content (AvgIpc) is 2.87. The standard InChI is InChI=1S/C31H54O2/c32-29-20-25(22-10-4-1-5-11-22)16-18-27(29)31(24-14-8-3-9-15-24)28-19-17-26(21-30(28)33)23-12-6-2-7-13-23/h22-33H,1-21H2. The second kappa shape index (κ2) is 11.8. The van der Waals surface area contributed by atoms with Gasteiger partial charge in [0.05, 0.1) is 12.2 Å². The first-order valence-electron chi connectivity index (χ1n) is 15.6. The van der Waals surface area contributed by atoms with Gasteiger partial charge in [0.1, 0.15) is 0 Å². The van der Waals surface area contributed by atoms with E-state index in [1.54, 1.807) is 0 Å². The minimum atomic E-state index is -0.110. The van der Waals surface area contributed by atoms with E-state index < -0.39 is 0 Å². The largest absolute Gasteiger partial charge is 0.393 e. The van der Waals surface area contributed by atoms with Gasteiger partial charge in [-0.15, -0.1) is 0 Å². The Balaban J connectivity index is 1.26. The maximum atomic E-state index is 11.6. The molecule has 0 spiro atoms. The SMILES string of the molecule is OC1CC(C2CCCCC2)CCC1C(C1CCCCC1)C1CCC(C2CCCCC2)CC1O. The summed E-state index contributed by atoms with van der Waals surface area (Å²) in [6.07, 6.45) is 28.1. The maximum Gasteiger partial charge on any atom is 0.0574 e. The molecule has 5 aliphatic carbocycles. The van der Waals surface area contributed by atoms with E-state index in [-0.39, 0.29) is 12.2 Å². The second-order valence-electron chi connectivity index (χ2n) is 13.4. The monoisotopic (exact) mass is 458 g/mol. The van der Waals surface area contributed by atoms with Crippen LogP contribution in [0.25, 0.3) is 0 Å². The summed E-state index contributed by atoms with van der Waals surface area (Å²) in [5, 5.41) is 23.1. The van der Waals surface area contributed by atoms with E-state index in [1.165, 1.54) is 122 Å². The van der Waals surface area contributed by atoms with Crippen molar-refractivity contribution in [2.24, 2.45) is 47.3 Å². The highest BCUT2D eigenvalue weighted by atomic mass is 16.3. The molecule has 5 saturated carbocycles. The van der Waals surface area contributed by atoms with Crippen LogP contribution in [0.2, 0.25) is 0 Å². The van der Waals surface area contributed by atoms with Gasteiger partial charge in [-0.25, -0.2) is 0 Å². The van der Waals surface area contributed by atoms with E-state index in [2.05, 4.69) is 0 Å². The molecule has 2 N–H and O–H groups in total. The van der Waals surface area contributed by atoms with Gasteiger partial charge in [0.2, 0.25) is 0 Å². The van der Waals surface area contributed by atoms with Crippen LogP contribution in [0.3, 0.4) is 0 Å². The van der Waals surface area contributed by atoms with Gasteiger partial charge in [-0.2, -0.15) is 0 Å². The quantitative estimate of drug-likeness (QED) is 0.439. The van der Waals surface area contributed by atoms with Crippen LogP contribution in [0, 0.1) is 47.3 Å².